The quantitative estimate of drug-likeness (QED) is 0.886. The second kappa shape index (κ2) is 7.90. The van der Waals surface area contributed by atoms with Gasteiger partial charge in [0, 0.05) is 31.2 Å². The molecule has 5 nitrogen and oxygen atoms in total. The summed E-state index contributed by atoms with van der Waals surface area (Å²) >= 11 is 0. The van der Waals surface area contributed by atoms with Gasteiger partial charge in [-0.1, -0.05) is 25.0 Å². The molecule has 2 heterocycles. The summed E-state index contributed by atoms with van der Waals surface area (Å²) < 4.78 is 5.39. The fourth-order valence-electron chi connectivity index (χ4n) is 5.15. The van der Waals surface area contributed by atoms with Gasteiger partial charge in [-0.2, -0.15) is 0 Å². The number of morpholine rings is 1. The average Bonchev–Trinajstić information content (AvgIpc) is 2.73. The van der Waals surface area contributed by atoms with Crippen molar-refractivity contribution in [3.63, 3.8) is 0 Å². The third kappa shape index (κ3) is 3.78. The number of aliphatic hydroxyl groups is 1. The van der Waals surface area contributed by atoms with Crippen LogP contribution in [0.3, 0.4) is 0 Å². The Morgan fingerprint density at radius 3 is 2.44 bits per heavy atom. The summed E-state index contributed by atoms with van der Waals surface area (Å²) in [5.74, 6) is 0.849. The molecular weight excluding hydrogens is 340 g/mol. The highest BCUT2D eigenvalue weighted by molar-refractivity contribution is 5.94. The number of nitrogens with zero attached hydrogens (tertiary/aromatic N) is 2. The molecule has 1 aromatic rings. The van der Waals surface area contributed by atoms with E-state index in [9.17, 15) is 9.90 Å². The van der Waals surface area contributed by atoms with E-state index >= 15 is 0 Å². The minimum absolute atomic E-state index is 0.157. The number of hydrogen-bond acceptors (Lipinski definition) is 4. The fraction of sp³-hybridized carbons (Fsp3) is 0.682. The maximum Gasteiger partial charge on any atom is 0.254 e. The third-order valence-electron chi connectivity index (χ3n) is 6.81. The van der Waals surface area contributed by atoms with Crippen LogP contribution in [0.2, 0.25) is 0 Å². The van der Waals surface area contributed by atoms with E-state index in [-0.39, 0.29) is 5.91 Å². The van der Waals surface area contributed by atoms with Crippen LogP contribution in [0.5, 0.6) is 0 Å². The Kier molecular flexibility index (Phi) is 5.53. The van der Waals surface area contributed by atoms with E-state index in [1.807, 2.05) is 36.1 Å². The number of hydrogen-bond donors (Lipinski definition) is 1. The maximum absolute atomic E-state index is 13.2. The molecule has 3 fully saturated rings. The standard InChI is InChI=1S/C22H32N2O3/c1-22(26,23-13-15-27-16-14-23)19-10-8-18(9-11-19)21(25)24-12-4-6-17-5-2-3-7-20(17)24/h8-11,17,20,26H,2-7,12-16H2,1H3/t17-,20+,22?/m1/s1. The smallest absolute Gasteiger partial charge is 0.254 e. The molecule has 1 amide bonds. The van der Waals surface area contributed by atoms with Crippen molar-refractivity contribution in [1.29, 1.82) is 0 Å². The van der Waals surface area contributed by atoms with Crippen LogP contribution in [-0.2, 0) is 10.5 Å². The monoisotopic (exact) mass is 372 g/mol. The molecule has 27 heavy (non-hydrogen) atoms. The van der Waals surface area contributed by atoms with Crippen LogP contribution in [0, 0.1) is 5.92 Å². The molecule has 1 aliphatic carbocycles. The Morgan fingerprint density at radius 2 is 1.70 bits per heavy atom. The molecule has 0 spiro atoms. The van der Waals surface area contributed by atoms with Crippen molar-refractivity contribution < 1.29 is 14.6 Å². The van der Waals surface area contributed by atoms with Gasteiger partial charge in [-0.3, -0.25) is 9.69 Å². The van der Waals surface area contributed by atoms with Crippen molar-refractivity contribution in [3.8, 4) is 0 Å². The number of carbonyl (C=O) groups is 1. The van der Waals surface area contributed by atoms with E-state index in [1.165, 1.54) is 25.7 Å². The van der Waals surface area contributed by atoms with Crippen LogP contribution in [0.4, 0.5) is 0 Å². The molecule has 148 valence electrons. The first-order valence-corrected chi connectivity index (χ1v) is 10.5. The lowest BCUT2D eigenvalue weighted by atomic mass is 9.78. The minimum Gasteiger partial charge on any atom is -0.379 e. The van der Waals surface area contributed by atoms with Gasteiger partial charge in [-0.25, -0.2) is 0 Å². The van der Waals surface area contributed by atoms with Gasteiger partial charge in [-0.15, -0.1) is 0 Å². The van der Waals surface area contributed by atoms with Gasteiger partial charge >= 0.3 is 0 Å². The molecule has 2 aliphatic heterocycles. The van der Waals surface area contributed by atoms with Gasteiger partial charge in [0.15, 0.2) is 0 Å². The third-order valence-corrected chi connectivity index (χ3v) is 6.81. The van der Waals surface area contributed by atoms with E-state index < -0.39 is 5.72 Å². The van der Waals surface area contributed by atoms with Crippen molar-refractivity contribution in [2.24, 2.45) is 5.92 Å². The van der Waals surface area contributed by atoms with Crippen molar-refractivity contribution >= 4 is 5.91 Å². The van der Waals surface area contributed by atoms with Crippen molar-refractivity contribution in [2.45, 2.75) is 57.2 Å². The molecule has 5 heteroatoms. The Balaban J connectivity index is 1.49. The normalized spacial score (nSPS) is 29.0. The van der Waals surface area contributed by atoms with Crippen molar-refractivity contribution in [1.82, 2.24) is 9.80 Å². The number of likely N-dealkylation sites (tertiary alicyclic amines) is 1. The van der Waals surface area contributed by atoms with E-state index in [0.29, 0.717) is 38.3 Å². The van der Waals surface area contributed by atoms with E-state index in [0.717, 1.165) is 30.5 Å². The second-order valence-electron chi connectivity index (χ2n) is 8.45. The van der Waals surface area contributed by atoms with Gasteiger partial charge in [0.2, 0.25) is 0 Å². The van der Waals surface area contributed by atoms with Gasteiger partial charge in [0.05, 0.1) is 13.2 Å². The predicted molar refractivity (Wildman–Crippen MR) is 104 cm³/mol. The highest BCUT2D eigenvalue weighted by atomic mass is 16.5. The number of rotatable bonds is 3. The summed E-state index contributed by atoms with van der Waals surface area (Å²) in [6.45, 7) is 5.42. The summed E-state index contributed by atoms with van der Waals surface area (Å²) in [4.78, 5) is 17.3. The molecule has 0 bridgehead atoms. The van der Waals surface area contributed by atoms with E-state index in [2.05, 4.69) is 4.90 Å². The first kappa shape index (κ1) is 18.9. The highest BCUT2D eigenvalue weighted by Crippen LogP contribution is 2.36. The SMILES string of the molecule is CC(O)(c1ccc(C(=O)N2CCC[C@H]3CCCC[C@@H]32)cc1)N1CCOCC1. The predicted octanol–water partition coefficient (Wildman–Crippen LogP) is 2.98. The highest BCUT2D eigenvalue weighted by Gasteiger charge is 2.36. The van der Waals surface area contributed by atoms with Crippen molar-refractivity contribution in [3.05, 3.63) is 35.4 Å². The Bertz CT molecular complexity index is 650. The number of carbonyl (C=O) groups excluding carboxylic acids is 1. The zero-order valence-electron chi connectivity index (χ0n) is 16.4. The molecular formula is C22H32N2O3. The van der Waals surface area contributed by atoms with Gasteiger partial charge < -0.3 is 14.7 Å². The molecule has 2 saturated heterocycles. The first-order valence-electron chi connectivity index (χ1n) is 10.5. The molecule has 1 saturated carbocycles. The lowest BCUT2D eigenvalue weighted by molar-refractivity contribution is -0.135. The summed E-state index contributed by atoms with van der Waals surface area (Å²) in [7, 11) is 0. The summed E-state index contributed by atoms with van der Waals surface area (Å²) in [5, 5.41) is 11.0. The van der Waals surface area contributed by atoms with Crippen LogP contribution in [0.15, 0.2) is 24.3 Å². The van der Waals surface area contributed by atoms with Gasteiger partial charge in [-0.05, 0) is 56.2 Å². The number of fused-ring (bicyclic) bond motifs is 1. The van der Waals surface area contributed by atoms with Crippen LogP contribution < -0.4 is 0 Å². The zero-order chi connectivity index (χ0) is 18.9. The number of ether oxygens (including phenoxy) is 1. The minimum atomic E-state index is -1.04. The summed E-state index contributed by atoms with van der Waals surface area (Å²) in [6.07, 6.45) is 7.38. The molecule has 0 aromatic heterocycles. The lowest BCUT2D eigenvalue weighted by Gasteiger charge is -2.44. The van der Waals surface area contributed by atoms with Crippen LogP contribution in [-0.4, -0.2) is 59.7 Å². The molecule has 1 N–H and O–H groups in total. The number of amides is 1. The Hall–Kier alpha value is -1.43. The summed E-state index contributed by atoms with van der Waals surface area (Å²) in [6, 6.07) is 8.02. The Labute approximate surface area is 162 Å². The van der Waals surface area contributed by atoms with E-state index in [1.54, 1.807) is 0 Å². The largest absolute Gasteiger partial charge is 0.379 e. The van der Waals surface area contributed by atoms with Gasteiger partial charge in [0.1, 0.15) is 5.72 Å². The average molecular weight is 373 g/mol. The number of piperidine rings is 1. The molecule has 3 atom stereocenters. The molecule has 3 aliphatic rings. The second-order valence-corrected chi connectivity index (χ2v) is 8.45. The van der Waals surface area contributed by atoms with Crippen LogP contribution in [0.25, 0.3) is 0 Å². The van der Waals surface area contributed by atoms with E-state index in [4.69, 9.17) is 4.74 Å². The first-order chi connectivity index (χ1) is 13.1. The molecule has 0 radical (unpaired) electrons. The van der Waals surface area contributed by atoms with Gasteiger partial charge in [0.25, 0.3) is 5.91 Å². The maximum atomic E-state index is 13.2. The van der Waals surface area contributed by atoms with Crippen molar-refractivity contribution in [2.75, 3.05) is 32.8 Å². The number of benzene rings is 1. The molecule has 1 unspecified atom stereocenters. The summed E-state index contributed by atoms with van der Waals surface area (Å²) in [5.41, 5.74) is 0.531. The van der Waals surface area contributed by atoms with Crippen LogP contribution >= 0.6 is 0 Å². The fourth-order valence-corrected chi connectivity index (χ4v) is 5.15. The Morgan fingerprint density at radius 1 is 1.04 bits per heavy atom. The zero-order valence-corrected chi connectivity index (χ0v) is 16.4. The molecule has 4 rings (SSSR count). The lowest BCUT2D eigenvalue weighted by Crippen LogP contribution is -2.50. The molecule has 1 aromatic carbocycles. The van der Waals surface area contributed by atoms with Crippen LogP contribution in [0.1, 0.15) is 61.4 Å². The topological polar surface area (TPSA) is 53.0 Å².